The highest BCUT2D eigenvalue weighted by atomic mass is 19.4. The van der Waals surface area contributed by atoms with Crippen molar-refractivity contribution in [1.29, 1.82) is 0 Å². The van der Waals surface area contributed by atoms with E-state index >= 15 is 0 Å². The normalized spacial score (nSPS) is 20.8. The first-order valence-corrected chi connectivity index (χ1v) is 12.5. The minimum absolute atomic E-state index is 0.0518. The van der Waals surface area contributed by atoms with Crippen molar-refractivity contribution in [2.24, 2.45) is 0 Å². The first kappa shape index (κ1) is 25.0. The molecule has 37 heavy (non-hydrogen) atoms. The number of amides is 2. The number of benzene rings is 1. The van der Waals surface area contributed by atoms with Crippen LogP contribution in [0.3, 0.4) is 0 Å². The summed E-state index contributed by atoms with van der Waals surface area (Å²) in [4.78, 5) is 22.6. The fourth-order valence-corrected chi connectivity index (χ4v) is 4.73. The van der Waals surface area contributed by atoms with Gasteiger partial charge in [0.1, 0.15) is 5.82 Å². The molecule has 0 bridgehead atoms. The molecule has 9 nitrogen and oxygen atoms in total. The maximum Gasteiger partial charge on any atom is 0.416 e. The molecular formula is C25H30F3N8O+. The van der Waals surface area contributed by atoms with Crippen molar-refractivity contribution in [2.75, 3.05) is 17.7 Å². The first-order chi connectivity index (χ1) is 17.7. The minimum Gasteiger partial charge on any atom is -0.335 e. The fourth-order valence-electron chi connectivity index (χ4n) is 4.73. The lowest BCUT2D eigenvalue weighted by Gasteiger charge is -2.31. The molecule has 0 saturated heterocycles. The molecule has 2 fully saturated rings. The standard InChI is InChI=1S/C25H29F3N8O/c1-36(23-29-12-11-21(33-23)32-22-14-20(34-35-22)15-5-6-15)19-9-7-17(8-10-19)30-24(37)31-18-4-2-3-16(13-18)25(26,27)28/h2-4,11-15,17,19H,5-10H2,1H3,(H2,30,31,37)(H2,29,32,33,34,35)/p+1. The van der Waals surface area contributed by atoms with E-state index in [1.54, 1.807) is 6.20 Å². The van der Waals surface area contributed by atoms with Crippen molar-refractivity contribution in [3.63, 3.8) is 0 Å². The molecule has 2 aliphatic carbocycles. The number of aromatic nitrogens is 4. The van der Waals surface area contributed by atoms with Crippen molar-refractivity contribution in [1.82, 2.24) is 25.5 Å². The number of rotatable bonds is 7. The van der Waals surface area contributed by atoms with Crippen LogP contribution in [0.25, 0.3) is 0 Å². The second-order valence-electron chi connectivity index (χ2n) is 9.78. The van der Waals surface area contributed by atoms with E-state index in [0.29, 0.717) is 17.7 Å². The molecule has 1 aromatic carbocycles. The third-order valence-corrected chi connectivity index (χ3v) is 7.00. The van der Waals surface area contributed by atoms with Crippen molar-refractivity contribution in [3.8, 4) is 0 Å². The maximum atomic E-state index is 12.9. The number of quaternary nitrogens is 1. The predicted molar refractivity (Wildman–Crippen MR) is 132 cm³/mol. The minimum atomic E-state index is -4.46. The van der Waals surface area contributed by atoms with Gasteiger partial charge in [0.2, 0.25) is 0 Å². The SMILES string of the molecule is C[NH+](c1nccc(Nc2cc(C3CC3)[nH]n2)n1)C1CCC(NC(=O)Nc2cccc(C(F)(F)F)c2)CC1. The van der Waals surface area contributed by atoms with Gasteiger partial charge in [-0.2, -0.15) is 28.2 Å². The van der Waals surface area contributed by atoms with Crippen LogP contribution in [0.15, 0.2) is 42.6 Å². The average Bonchev–Trinajstić information content (AvgIpc) is 3.62. The summed E-state index contributed by atoms with van der Waals surface area (Å²) < 4.78 is 38.7. The smallest absolute Gasteiger partial charge is 0.335 e. The van der Waals surface area contributed by atoms with E-state index in [-0.39, 0.29) is 17.8 Å². The average molecular weight is 516 g/mol. The highest BCUT2D eigenvalue weighted by molar-refractivity contribution is 5.89. The monoisotopic (exact) mass is 515 g/mol. The molecule has 196 valence electrons. The Kier molecular flexibility index (Phi) is 7.00. The number of halogens is 3. The molecule has 0 aliphatic heterocycles. The summed E-state index contributed by atoms with van der Waals surface area (Å²) in [6, 6.07) is 8.17. The third kappa shape index (κ3) is 6.37. The van der Waals surface area contributed by atoms with Crippen molar-refractivity contribution < 1.29 is 22.9 Å². The van der Waals surface area contributed by atoms with Crippen LogP contribution < -0.4 is 20.9 Å². The van der Waals surface area contributed by atoms with Crippen LogP contribution in [0.4, 0.5) is 41.2 Å². The van der Waals surface area contributed by atoms with Gasteiger partial charge in [0.25, 0.3) is 0 Å². The van der Waals surface area contributed by atoms with Crippen LogP contribution in [-0.4, -0.2) is 45.3 Å². The van der Waals surface area contributed by atoms with E-state index in [4.69, 9.17) is 0 Å². The van der Waals surface area contributed by atoms with Crippen LogP contribution >= 0.6 is 0 Å². The van der Waals surface area contributed by atoms with Crippen molar-refractivity contribution in [3.05, 3.63) is 53.9 Å². The maximum absolute atomic E-state index is 12.9. The van der Waals surface area contributed by atoms with Gasteiger partial charge in [0.15, 0.2) is 5.82 Å². The van der Waals surface area contributed by atoms with E-state index in [9.17, 15) is 18.0 Å². The molecule has 1 atom stereocenters. The van der Waals surface area contributed by atoms with Crippen LogP contribution in [0.5, 0.6) is 0 Å². The molecular weight excluding hydrogens is 485 g/mol. The molecule has 2 saturated carbocycles. The molecule has 1 unspecified atom stereocenters. The van der Waals surface area contributed by atoms with E-state index in [2.05, 4.69) is 36.1 Å². The number of nitrogens with one attached hydrogen (secondary N) is 5. The van der Waals surface area contributed by atoms with Gasteiger partial charge >= 0.3 is 18.2 Å². The zero-order valence-corrected chi connectivity index (χ0v) is 20.4. The summed E-state index contributed by atoms with van der Waals surface area (Å²) in [5.74, 6) is 2.69. The van der Waals surface area contributed by atoms with E-state index < -0.39 is 17.8 Å². The third-order valence-electron chi connectivity index (χ3n) is 7.00. The van der Waals surface area contributed by atoms with Crippen LogP contribution in [-0.2, 0) is 6.18 Å². The molecule has 5 N–H and O–H groups in total. The Hall–Kier alpha value is -3.67. The van der Waals surface area contributed by atoms with E-state index in [0.717, 1.165) is 54.2 Å². The summed E-state index contributed by atoms with van der Waals surface area (Å²) in [5, 5.41) is 16.0. The number of anilines is 3. The molecule has 0 radical (unpaired) electrons. The zero-order chi connectivity index (χ0) is 26.0. The van der Waals surface area contributed by atoms with Crippen LogP contribution in [0.2, 0.25) is 0 Å². The lowest BCUT2D eigenvalue weighted by atomic mass is 9.90. The molecule has 5 rings (SSSR count). The van der Waals surface area contributed by atoms with Gasteiger partial charge < -0.3 is 16.0 Å². The number of carbonyl (C=O) groups excluding carboxylic acids is 1. The highest BCUT2D eigenvalue weighted by Crippen LogP contribution is 2.39. The number of nitrogens with zero attached hydrogens (tertiary/aromatic N) is 3. The molecule has 3 aromatic rings. The summed E-state index contributed by atoms with van der Waals surface area (Å²) in [6.45, 7) is 0. The van der Waals surface area contributed by atoms with Gasteiger partial charge in [-0.15, -0.1) is 0 Å². The number of hydrogen-bond donors (Lipinski definition) is 5. The topological polar surface area (TPSA) is 112 Å². The molecule has 2 aromatic heterocycles. The first-order valence-electron chi connectivity index (χ1n) is 12.5. The Morgan fingerprint density at radius 3 is 2.57 bits per heavy atom. The number of aromatic amines is 1. The second-order valence-corrected chi connectivity index (χ2v) is 9.78. The largest absolute Gasteiger partial charge is 0.416 e. The van der Waals surface area contributed by atoms with Gasteiger partial charge in [-0.25, -0.2) is 4.79 Å². The Bertz CT molecular complexity index is 1230. The second kappa shape index (κ2) is 10.4. The van der Waals surface area contributed by atoms with E-state index in [1.165, 1.54) is 25.0 Å². The Morgan fingerprint density at radius 1 is 1.05 bits per heavy atom. The van der Waals surface area contributed by atoms with Gasteiger partial charge in [0.05, 0.1) is 18.7 Å². The molecule has 0 spiro atoms. The van der Waals surface area contributed by atoms with Gasteiger partial charge in [-0.3, -0.25) is 10.00 Å². The summed E-state index contributed by atoms with van der Waals surface area (Å²) in [7, 11) is 2.04. The van der Waals surface area contributed by atoms with Crippen LogP contribution in [0.1, 0.15) is 55.7 Å². The highest BCUT2D eigenvalue weighted by Gasteiger charge is 2.32. The Labute approximate surface area is 212 Å². The fraction of sp³-hybridized carbons (Fsp3) is 0.440. The Balaban J connectivity index is 1.11. The number of urea groups is 1. The number of H-pyrrole nitrogens is 1. The van der Waals surface area contributed by atoms with E-state index in [1.807, 2.05) is 19.2 Å². The van der Waals surface area contributed by atoms with Gasteiger partial charge in [-0.1, -0.05) is 6.07 Å². The van der Waals surface area contributed by atoms with Gasteiger partial charge in [-0.05, 0) is 49.9 Å². The summed E-state index contributed by atoms with van der Waals surface area (Å²) in [6.07, 6.45) is 2.89. The summed E-state index contributed by atoms with van der Waals surface area (Å²) in [5.41, 5.74) is 0.452. The van der Waals surface area contributed by atoms with Crippen LogP contribution in [0, 0.1) is 0 Å². The lowest BCUT2D eigenvalue weighted by Crippen LogP contribution is -3.09. The molecule has 2 aliphatic rings. The zero-order valence-electron chi connectivity index (χ0n) is 20.4. The molecule has 12 heteroatoms. The quantitative estimate of drug-likeness (QED) is 0.325. The van der Waals surface area contributed by atoms with Gasteiger partial charge in [0, 0.05) is 48.4 Å². The lowest BCUT2D eigenvalue weighted by molar-refractivity contribution is -0.846. The summed E-state index contributed by atoms with van der Waals surface area (Å²) >= 11 is 0. The molecule has 2 amide bonds. The molecule has 2 heterocycles. The van der Waals surface area contributed by atoms with Crippen molar-refractivity contribution in [2.45, 2.75) is 62.7 Å². The predicted octanol–water partition coefficient (Wildman–Crippen LogP) is 4.12. The van der Waals surface area contributed by atoms with Crippen molar-refractivity contribution >= 4 is 29.3 Å². The number of alkyl halides is 3. The Morgan fingerprint density at radius 2 is 1.84 bits per heavy atom. The number of hydrogen-bond acceptors (Lipinski definition) is 5. The number of carbonyl (C=O) groups is 1.